The van der Waals surface area contributed by atoms with Gasteiger partial charge in [0, 0.05) is 18.1 Å². The van der Waals surface area contributed by atoms with E-state index in [-0.39, 0.29) is 13.1 Å². The van der Waals surface area contributed by atoms with Gasteiger partial charge in [-0.15, -0.1) is 0 Å². The number of benzene rings is 2. The minimum absolute atomic E-state index is 0.136. The first-order valence-electron chi connectivity index (χ1n) is 10.3. The number of rotatable bonds is 9. The Labute approximate surface area is 211 Å². The summed E-state index contributed by atoms with van der Waals surface area (Å²) in [4.78, 5) is 27.0. The maximum atomic E-state index is 13.3. The molecule has 0 aromatic heterocycles. The van der Waals surface area contributed by atoms with Gasteiger partial charge in [0.1, 0.15) is 12.6 Å². The van der Waals surface area contributed by atoms with Crippen molar-refractivity contribution >= 4 is 50.7 Å². The number of carbonyl (C=O) groups excluding carboxylic acids is 2. The molecule has 0 saturated heterocycles. The first-order valence-corrected chi connectivity index (χ1v) is 12.9. The summed E-state index contributed by atoms with van der Waals surface area (Å²) in [7, 11) is -4.21. The third kappa shape index (κ3) is 7.49. The van der Waals surface area contributed by atoms with Crippen LogP contribution >= 0.6 is 23.2 Å². The van der Waals surface area contributed by atoms with Gasteiger partial charge >= 0.3 is 6.18 Å². The SMILES string of the molecule is CCNC(=O)[C@H](C)N(Cc1ccccc1Cl)C(=O)CN(c1ccc(Cl)c(C(F)(F)F)c1)S(C)(=O)=O. The van der Waals surface area contributed by atoms with Crippen molar-refractivity contribution in [3.63, 3.8) is 0 Å². The number of nitrogens with one attached hydrogen (secondary N) is 1. The lowest BCUT2D eigenvalue weighted by Crippen LogP contribution is -2.51. The number of carbonyl (C=O) groups is 2. The second-order valence-electron chi connectivity index (χ2n) is 7.62. The predicted octanol–water partition coefficient (Wildman–Crippen LogP) is 4.33. The maximum absolute atomic E-state index is 13.3. The molecule has 0 aliphatic rings. The summed E-state index contributed by atoms with van der Waals surface area (Å²) >= 11 is 11.9. The lowest BCUT2D eigenvalue weighted by molar-refractivity contribution is -0.139. The molecule has 192 valence electrons. The molecule has 0 saturated carbocycles. The van der Waals surface area contributed by atoms with Crippen molar-refractivity contribution in [3.05, 3.63) is 63.6 Å². The van der Waals surface area contributed by atoms with Gasteiger partial charge in [-0.25, -0.2) is 8.42 Å². The Kier molecular flexibility index (Phi) is 9.43. The number of sulfonamides is 1. The molecule has 0 bridgehead atoms. The van der Waals surface area contributed by atoms with Gasteiger partial charge in [0.2, 0.25) is 21.8 Å². The quantitative estimate of drug-likeness (QED) is 0.500. The Morgan fingerprint density at radius 1 is 1.09 bits per heavy atom. The van der Waals surface area contributed by atoms with Gasteiger partial charge < -0.3 is 10.2 Å². The highest BCUT2D eigenvalue weighted by molar-refractivity contribution is 7.92. The second kappa shape index (κ2) is 11.5. The lowest BCUT2D eigenvalue weighted by Gasteiger charge is -2.31. The smallest absolute Gasteiger partial charge is 0.355 e. The van der Waals surface area contributed by atoms with Gasteiger partial charge in [-0.2, -0.15) is 13.2 Å². The van der Waals surface area contributed by atoms with Gasteiger partial charge in [-0.3, -0.25) is 13.9 Å². The lowest BCUT2D eigenvalue weighted by atomic mass is 10.1. The van der Waals surface area contributed by atoms with Crippen LogP contribution in [-0.2, 0) is 32.3 Å². The monoisotopic (exact) mass is 553 g/mol. The van der Waals surface area contributed by atoms with E-state index in [9.17, 15) is 31.2 Å². The standard InChI is InChI=1S/C22H24Cl2F3N3O4S/c1-4-28-21(32)14(2)29(12-15-7-5-6-8-18(15)23)20(31)13-30(35(3,33)34)16-9-10-19(24)17(11-16)22(25,26)27/h5-11,14H,4,12-13H2,1-3H3,(H,28,32)/t14-/m0/s1. The highest BCUT2D eigenvalue weighted by Crippen LogP contribution is 2.37. The van der Waals surface area contributed by atoms with E-state index in [0.717, 1.165) is 23.3 Å². The van der Waals surface area contributed by atoms with Gasteiger partial charge in [0.05, 0.1) is 22.5 Å². The van der Waals surface area contributed by atoms with E-state index in [1.807, 2.05) is 0 Å². The summed E-state index contributed by atoms with van der Waals surface area (Å²) in [6, 6.07) is 8.07. The molecule has 0 radical (unpaired) electrons. The number of hydrogen-bond acceptors (Lipinski definition) is 4. The Morgan fingerprint density at radius 3 is 2.26 bits per heavy atom. The highest BCUT2D eigenvalue weighted by Gasteiger charge is 2.35. The number of alkyl halides is 3. The summed E-state index contributed by atoms with van der Waals surface area (Å²) < 4.78 is 65.5. The Bertz CT molecular complexity index is 1190. The van der Waals surface area contributed by atoms with Crippen LogP contribution in [0.3, 0.4) is 0 Å². The van der Waals surface area contributed by atoms with Gasteiger partial charge in [-0.1, -0.05) is 41.4 Å². The van der Waals surface area contributed by atoms with Crippen LogP contribution in [0, 0.1) is 0 Å². The van der Waals surface area contributed by atoms with Gasteiger partial charge in [0.15, 0.2) is 0 Å². The fourth-order valence-corrected chi connectivity index (χ4v) is 4.48. The number of amides is 2. The normalized spacial score (nSPS) is 12.7. The summed E-state index contributed by atoms with van der Waals surface area (Å²) in [5.74, 6) is -1.32. The average molecular weight is 554 g/mol. The first-order chi connectivity index (χ1) is 16.2. The van der Waals surface area contributed by atoms with Gasteiger partial charge in [-0.05, 0) is 43.7 Å². The van der Waals surface area contributed by atoms with Crippen LogP contribution in [0.4, 0.5) is 18.9 Å². The highest BCUT2D eigenvalue weighted by atomic mass is 35.5. The number of hydrogen-bond donors (Lipinski definition) is 1. The first kappa shape index (κ1) is 28.7. The molecule has 0 unspecified atom stereocenters. The number of likely N-dealkylation sites (N-methyl/N-ethyl adjacent to an activating group) is 1. The molecule has 13 heteroatoms. The van der Waals surface area contributed by atoms with Crippen LogP contribution in [-0.4, -0.2) is 50.5 Å². The molecule has 2 aromatic rings. The van der Waals surface area contributed by atoms with Crippen molar-refractivity contribution in [2.45, 2.75) is 32.6 Å². The summed E-state index contributed by atoms with van der Waals surface area (Å²) in [6.07, 6.45) is -4.09. The van der Waals surface area contributed by atoms with Crippen molar-refractivity contribution in [2.24, 2.45) is 0 Å². The molecule has 0 spiro atoms. The Balaban J connectivity index is 2.49. The fourth-order valence-electron chi connectivity index (χ4n) is 3.21. The second-order valence-corrected chi connectivity index (χ2v) is 10.3. The molecule has 0 aliphatic carbocycles. The molecular weight excluding hydrogens is 530 g/mol. The topological polar surface area (TPSA) is 86.8 Å². The maximum Gasteiger partial charge on any atom is 0.417 e. The molecule has 2 rings (SSSR count). The van der Waals surface area contributed by atoms with E-state index in [2.05, 4.69) is 5.32 Å². The summed E-state index contributed by atoms with van der Waals surface area (Å²) in [5, 5.41) is 2.29. The van der Waals surface area contributed by atoms with Crippen molar-refractivity contribution in [1.82, 2.24) is 10.2 Å². The molecule has 2 aromatic carbocycles. The van der Waals surface area contributed by atoms with Crippen LogP contribution in [0.15, 0.2) is 42.5 Å². The van der Waals surface area contributed by atoms with Crippen molar-refractivity contribution in [1.29, 1.82) is 0 Å². The largest absolute Gasteiger partial charge is 0.417 e. The zero-order valence-electron chi connectivity index (χ0n) is 19.1. The van der Waals surface area contributed by atoms with Crippen LogP contribution in [0.25, 0.3) is 0 Å². The van der Waals surface area contributed by atoms with Crippen molar-refractivity contribution in [3.8, 4) is 0 Å². The predicted molar refractivity (Wildman–Crippen MR) is 129 cm³/mol. The van der Waals surface area contributed by atoms with Crippen molar-refractivity contribution < 1.29 is 31.2 Å². The van der Waals surface area contributed by atoms with Crippen LogP contribution in [0.2, 0.25) is 10.0 Å². The van der Waals surface area contributed by atoms with E-state index in [0.29, 0.717) is 21.0 Å². The van der Waals surface area contributed by atoms with E-state index in [1.165, 1.54) is 6.92 Å². The number of nitrogens with zero attached hydrogens (tertiary/aromatic N) is 2. The Morgan fingerprint density at radius 2 is 1.71 bits per heavy atom. The van der Waals surface area contributed by atoms with Crippen LogP contribution in [0.5, 0.6) is 0 Å². The van der Waals surface area contributed by atoms with Crippen LogP contribution < -0.4 is 9.62 Å². The van der Waals surface area contributed by atoms with Crippen molar-refractivity contribution in [2.75, 3.05) is 23.7 Å². The minimum atomic E-state index is -4.84. The summed E-state index contributed by atoms with van der Waals surface area (Å²) in [6.45, 7) is 2.44. The van der Waals surface area contributed by atoms with E-state index in [1.54, 1.807) is 31.2 Å². The van der Waals surface area contributed by atoms with E-state index >= 15 is 0 Å². The molecule has 0 heterocycles. The minimum Gasteiger partial charge on any atom is -0.355 e. The molecule has 0 fully saturated rings. The van der Waals surface area contributed by atoms with Crippen LogP contribution in [0.1, 0.15) is 25.0 Å². The fraction of sp³-hybridized carbons (Fsp3) is 0.364. The molecule has 0 aliphatic heterocycles. The molecule has 7 nitrogen and oxygen atoms in total. The Hall–Kier alpha value is -2.50. The zero-order valence-corrected chi connectivity index (χ0v) is 21.4. The third-order valence-electron chi connectivity index (χ3n) is 5.04. The molecular formula is C22H24Cl2F3N3O4S. The van der Waals surface area contributed by atoms with E-state index < -0.39 is 56.9 Å². The molecule has 1 atom stereocenters. The molecule has 35 heavy (non-hydrogen) atoms. The molecule has 2 amide bonds. The zero-order chi connectivity index (χ0) is 26.6. The number of halogens is 5. The number of anilines is 1. The van der Waals surface area contributed by atoms with Gasteiger partial charge in [0.25, 0.3) is 0 Å². The molecule has 1 N–H and O–H groups in total. The average Bonchev–Trinajstić information content (AvgIpc) is 2.75. The third-order valence-corrected chi connectivity index (χ3v) is 6.88. The van der Waals surface area contributed by atoms with E-state index in [4.69, 9.17) is 23.2 Å². The summed E-state index contributed by atoms with van der Waals surface area (Å²) in [5.41, 5.74) is -1.15.